The van der Waals surface area contributed by atoms with E-state index < -0.39 is 5.97 Å². The van der Waals surface area contributed by atoms with Crippen LogP contribution in [-0.2, 0) is 4.79 Å². The summed E-state index contributed by atoms with van der Waals surface area (Å²) >= 11 is 0. The first-order chi connectivity index (χ1) is 10.1. The van der Waals surface area contributed by atoms with Gasteiger partial charge in [-0.25, -0.2) is 0 Å². The molecule has 5 heteroatoms. The maximum Gasteiger partial charge on any atom is 0.306 e. The topological polar surface area (TPSA) is 78.9 Å². The molecule has 0 radical (unpaired) electrons. The van der Waals surface area contributed by atoms with E-state index in [2.05, 4.69) is 23.4 Å². The van der Waals surface area contributed by atoms with E-state index in [1.54, 1.807) is 0 Å². The van der Waals surface area contributed by atoms with Crippen molar-refractivity contribution >= 4 is 12.3 Å². The molecule has 5 nitrogen and oxygen atoms in total. The zero-order valence-corrected chi connectivity index (χ0v) is 13.1. The lowest BCUT2D eigenvalue weighted by atomic mass is 9.78. The fraction of sp³-hybridized carbons (Fsp3) is 0.750. The van der Waals surface area contributed by atoms with E-state index >= 15 is 0 Å². The second kappa shape index (κ2) is 9.55. The van der Waals surface area contributed by atoms with Crippen molar-refractivity contribution in [2.45, 2.75) is 51.5 Å². The number of carboxylic acid groups (broad SMARTS) is 1. The standard InChI is InChI=1S/C16H29N3O2/c1-3-13-10-15(11-13)19(4-2)12-18-9-7-14(16(20)21)6-5-8-17/h4,12-15H,2-3,5-11,17H2,1H3,(H,20,21)/b18-12-. The number of hydrogen-bond donors (Lipinski definition) is 2. The zero-order chi connectivity index (χ0) is 15.7. The van der Waals surface area contributed by atoms with Gasteiger partial charge >= 0.3 is 5.97 Å². The van der Waals surface area contributed by atoms with Crippen molar-refractivity contribution in [1.29, 1.82) is 0 Å². The van der Waals surface area contributed by atoms with Gasteiger partial charge in [0.05, 0.1) is 12.3 Å². The Hall–Kier alpha value is -1.36. The van der Waals surface area contributed by atoms with Gasteiger partial charge in [0.25, 0.3) is 0 Å². The number of carbonyl (C=O) groups is 1. The molecular formula is C16H29N3O2. The molecule has 0 spiro atoms. The van der Waals surface area contributed by atoms with Crippen LogP contribution in [0.4, 0.5) is 0 Å². The minimum absolute atomic E-state index is 0.337. The van der Waals surface area contributed by atoms with Crippen molar-refractivity contribution < 1.29 is 9.90 Å². The normalized spacial score (nSPS) is 22.8. The summed E-state index contributed by atoms with van der Waals surface area (Å²) in [6.07, 6.45) is 9.20. The molecule has 0 amide bonds. The van der Waals surface area contributed by atoms with E-state index in [9.17, 15) is 4.79 Å². The van der Waals surface area contributed by atoms with E-state index in [1.165, 1.54) is 19.3 Å². The predicted octanol–water partition coefficient (Wildman–Crippen LogP) is 2.48. The van der Waals surface area contributed by atoms with Gasteiger partial charge in [0.2, 0.25) is 0 Å². The Balaban J connectivity index is 2.31. The average molecular weight is 295 g/mol. The third-order valence-corrected chi connectivity index (χ3v) is 4.35. The highest BCUT2D eigenvalue weighted by Crippen LogP contribution is 2.33. The monoisotopic (exact) mass is 295 g/mol. The smallest absolute Gasteiger partial charge is 0.306 e. The molecular weight excluding hydrogens is 266 g/mol. The van der Waals surface area contributed by atoms with Gasteiger partial charge in [-0.2, -0.15) is 0 Å². The maximum atomic E-state index is 11.1. The Morgan fingerprint density at radius 2 is 2.24 bits per heavy atom. The van der Waals surface area contributed by atoms with Crippen LogP contribution in [0.3, 0.4) is 0 Å². The summed E-state index contributed by atoms with van der Waals surface area (Å²) in [5, 5.41) is 9.13. The van der Waals surface area contributed by atoms with Crippen LogP contribution >= 0.6 is 0 Å². The molecule has 3 N–H and O–H groups in total. The lowest BCUT2D eigenvalue weighted by Gasteiger charge is -2.40. The van der Waals surface area contributed by atoms with Crippen LogP contribution in [-0.4, -0.2) is 41.4 Å². The van der Waals surface area contributed by atoms with Crippen LogP contribution in [0, 0.1) is 11.8 Å². The number of nitrogens with two attached hydrogens (primary N) is 1. The first-order valence-electron chi connectivity index (χ1n) is 7.95. The number of aliphatic imine (C=N–C) groups is 1. The summed E-state index contributed by atoms with van der Waals surface area (Å²) in [6.45, 7) is 7.12. The summed E-state index contributed by atoms with van der Waals surface area (Å²) in [7, 11) is 0. The van der Waals surface area contributed by atoms with Gasteiger partial charge in [0, 0.05) is 12.6 Å². The molecule has 1 fully saturated rings. The average Bonchev–Trinajstić information content (AvgIpc) is 2.42. The molecule has 1 rings (SSSR count). The van der Waals surface area contributed by atoms with E-state index in [1.807, 2.05) is 12.5 Å². The Morgan fingerprint density at radius 1 is 1.52 bits per heavy atom. The predicted molar refractivity (Wildman–Crippen MR) is 86.2 cm³/mol. The second-order valence-corrected chi connectivity index (χ2v) is 5.81. The fourth-order valence-electron chi connectivity index (χ4n) is 2.71. The minimum Gasteiger partial charge on any atom is -0.481 e. The van der Waals surface area contributed by atoms with Crippen molar-refractivity contribution in [2.24, 2.45) is 22.6 Å². The minimum atomic E-state index is -0.746. The third-order valence-electron chi connectivity index (χ3n) is 4.35. The Kier molecular flexibility index (Phi) is 8.05. The van der Waals surface area contributed by atoms with Crippen LogP contribution in [0.15, 0.2) is 17.8 Å². The van der Waals surface area contributed by atoms with Crippen molar-refractivity contribution in [3.05, 3.63) is 12.8 Å². The lowest BCUT2D eigenvalue weighted by Crippen LogP contribution is -2.40. The van der Waals surface area contributed by atoms with Crippen molar-refractivity contribution in [3.63, 3.8) is 0 Å². The van der Waals surface area contributed by atoms with Crippen molar-refractivity contribution in [1.82, 2.24) is 4.90 Å². The van der Waals surface area contributed by atoms with E-state index in [4.69, 9.17) is 10.8 Å². The Morgan fingerprint density at radius 3 is 2.76 bits per heavy atom. The molecule has 0 aromatic rings. The summed E-state index contributed by atoms with van der Waals surface area (Å²) in [6, 6.07) is 0.517. The van der Waals surface area contributed by atoms with Crippen LogP contribution in [0.5, 0.6) is 0 Å². The first kappa shape index (κ1) is 17.7. The van der Waals surface area contributed by atoms with Crippen LogP contribution in [0.25, 0.3) is 0 Å². The van der Waals surface area contributed by atoms with Crippen LogP contribution < -0.4 is 5.73 Å². The molecule has 1 unspecified atom stereocenters. The third kappa shape index (κ3) is 5.87. The lowest BCUT2D eigenvalue weighted by molar-refractivity contribution is -0.142. The fourth-order valence-corrected chi connectivity index (χ4v) is 2.71. The van der Waals surface area contributed by atoms with Gasteiger partial charge in [-0.15, -0.1) is 0 Å². The second-order valence-electron chi connectivity index (χ2n) is 5.81. The van der Waals surface area contributed by atoms with E-state index in [-0.39, 0.29) is 5.92 Å². The molecule has 1 aliphatic rings. The van der Waals surface area contributed by atoms with Crippen LogP contribution in [0.2, 0.25) is 0 Å². The van der Waals surface area contributed by atoms with Gasteiger partial charge in [-0.1, -0.05) is 19.9 Å². The molecule has 120 valence electrons. The quantitative estimate of drug-likeness (QED) is 0.453. The molecule has 0 bridgehead atoms. The largest absolute Gasteiger partial charge is 0.481 e. The molecule has 0 aliphatic heterocycles. The summed E-state index contributed by atoms with van der Waals surface area (Å²) < 4.78 is 0. The SMILES string of the molecule is C=CN(/C=N\CCC(CCCN)C(=O)O)C1CC(CC)C1. The number of nitrogens with zero attached hydrogens (tertiary/aromatic N) is 2. The molecule has 21 heavy (non-hydrogen) atoms. The number of hydrogen-bond acceptors (Lipinski definition) is 3. The highest BCUT2D eigenvalue weighted by atomic mass is 16.4. The van der Waals surface area contributed by atoms with E-state index in [0.29, 0.717) is 32.0 Å². The van der Waals surface area contributed by atoms with Gasteiger partial charge in [0.15, 0.2) is 0 Å². The highest BCUT2D eigenvalue weighted by molar-refractivity contribution is 5.69. The summed E-state index contributed by atoms with van der Waals surface area (Å²) in [4.78, 5) is 17.5. The molecule has 0 aromatic heterocycles. The summed E-state index contributed by atoms with van der Waals surface area (Å²) in [5.41, 5.74) is 5.43. The van der Waals surface area contributed by atoms with Gasteiger partial charge < -0.3 is 15.7 Å². The number of carboxylic acids is 1. The Bertz CT molecular complexity index is 351. The van der Waals surface area contributed by atoms with Crippen molar-refractivity contribution in [2.75, 3.05) is 13.1 Å². The number of rotatable bonds is 11. The number of aliphatic carboxylic acids is 1. The molecule has 1 aliphatic carbocycles. The van der Waals surface area contributed by atoms with Crippen molar-refractivity contribution in [3.8, 4) is 0 Å². The molecule has 0 aromatic carbocycles. The van der Waals surface area contributed by atoms with Gasteiger partial charge in [0.1, 0.15) is 0 Å². The van der Waals surface area contributed by atoms with Crippen LogP contribution in [0.1, 0.15) is 45.4 Å². The van der Waals surface area contributed by atoms with Gasteiger partial charge in [-0.3, -0.25) is 9.79 Å². The first-order valence-corrected chi connectivity index (χ1v) is 7.95. The summed E-state index contributed by atoms with van der Waals surface area (Å²) in [5.74, 6) is -0.251. The maximum absolute atomic E-state index is 11.1. The Labute approximate surface area is 127 Å². The molecule has 0 heterocycles. The molecule has 0 saturated heterocycles. The highest BCUT2D eigenvalue weighted by Gasteiger charge is 2.30. The zero-order valence-electron chi connectivity index (χ0n) is 13.1. The van der Waals surface area contributed by atoms with Gasteiger partial charge in [-0.05, 0) is 50.8 Å². The molecule has 1 saturated carbocycles. The molecule has 1 atom stereocenters. The van der Waals surface area contributed by atoms with E-state index in [0.717, 1.165) is 12.3 Å².